The van der Waals surface area contributed by atoms with Gasteiger partial charge in [0.1, 0.15) is 11.4 Å². The number of nitrogens with one attached hydrogen (secondary N) is 1. The van der Waals surface area contributed by atoms with Crippen LogP contribution in [0, 0.1) is 0 Å². The molecule has 0 aliphatic carbocycles. The number of aromatic nitrogens is 5. The van der Waals surface area contributed by atoms with Gasteiger partial charge in [0, 0.05) is 18.2 Å². The SMILES string of the molecule is O=C(CSc1ncnc2c1nnn2Cc1ccc(Cl)cc1)NCC1CCCO1. The minimum absolute atomic E-state index is 0.0548. The van der Waals surface area contributed by atoms with Crippen molar-refractivity contribution in [2.75, 3.05) is 18.9 Å². The summed E-state index contributed by atoms with van der Waals surface area (Å²) in [6, 6.07) is 7.54. The summed E-state index contributed by atoms with van der Waals surface area (Å²) in [6.45, 7) is 1.85. The molecule has 10 heteroatoms. The van der Waals surface area contributed by atoms with Gasteiger partial charge in [-0.2, -0.15) is 0 Å². The predicted molar refractivity (Wildman–Crippen MR) is 106 cm³/mol. The van der Waals surface area contributed by atoms with Crippen LogP contribution in [0.25, 0.3) is 11.2 Å². The van der Waals surface area contributed by atoms with E-state index in [-0.39, 0.29) is 17.8 Å². The second-order valence-electron chi connectivity index (χ2n) is 6.45. The number of carbonyl (C=O) groups excluding carboxylic acids is 1. The van der Waals surface area contributed by atoms with Crippen molar-refractivity contribution in [1.29, 1.82) is 0 Å². The zero-order chi connectivity index (χ0) is 19.3. The van der Waals surface area contributed by atoms with Crippen LogP contribution < -0.4 is 5.32 Å². The second kappa shape index (κ2) is 8.85. The Morgan fingerprint density at radius 1 is 1.32 bits per heavy atom. The fourth-order valence-electron chi connectivity index (χ4n) is 2.96. The van der Waals surface area contributed by atoms with Crippen LogP contribution in [0.2, 0.25) is 5.02 Å². The molecule has 1 saturated heterocycles. The van der Waals surface area contributed by atoms with Crippen molar-refractivity contribution in [3.8, 4) is 0 Å². The van der Waals surface area contributed by atoms with Gasteiger partial charge in [-0.25, -0.2) is 14.6 Å². The molecule has 1 atom stereocenters. The van der Waals surface area contributed by atoms with E-state index in [1.807, 2.05) is 24.3 Å². The molecule has 28 heavy (non-hydrogen) atoms. The van der Waals surface area contributed by atoms with Crippen LogP contribution in [0.4, 0.5) is 0 Å². The van der Waals surface area contributed by atoms with E-state index in [2.05, 4.69) is 25.6 Å². The van der Waals surface area contributed by atoms with Crippen molar-refractivity contribution >= 4 is 40.4 Å². The minimum Gasteiger partial charge on any atom is -0.376 e. The number of ether oxygens (including phenoxy) is 1. The molecule has 1 aromatic carbocycles. The Bertz CT molecular complexity index is 958. The van der Waals surface area contributed by atoms with Crippen molar-refractivity contribution < 1.29 is 9.53 Å². The van der Waals surface area contributed by atoms with Crippen molar-refractivity contribution in [2.24, 2.45) is 0 Å². The first-order valence-corrected chi connectivity index (χ1v) is 10.3. The van der Waals surface area contributed by atoms with Gasteiger partial charge in [-0.1, -0.05) is 40.7 Å². The number of nitrogens with zero attached hydrogens (tertiary/aromatic N) is 5. The zero-order valence-electron chi connectivity index (χ0n) is 15.0. The van der Waals surface area contributed by atoms with Crippen LogP contribution in [-0.2, 0) is 16.1 Å². The van der Waals surface area contributed by atoms with E-state index in [0.29, 0.717) is 34.3 Å². The average molecular weight is 419 g/mol. The van der Waals surface area contributed by atoms with Crippen molar-refractivity contribution in [2.45, 2.75) is 30.5 Å². The molecule has 1 amide bonds. The number of hydrogen-bond donors (Lipinski definition) is 1. The van der Waals surface area contributed by atoms with Gasteiger partial charge in [0.25, 0.3) is 0 Å². The summed E-state index contributed by atoms with van der Waals surface area (Å²) in [5, 5.41) is 12.6. The van der Waals surface area contributed by atoms with Crippen LogP contribution >= 0.6 is 23.4 Å². The lowest BCUT2D eigenvalue weighted by molar-refractivity contribution is -0.119. The number of thioether (sulfide) groups is 1. The third-order valence-corrected chi connectivity index (χ3v) is 5.63. The van der Waals surface area contributed by atoms with Gasteiger partial charge < -0.3 is 10.1 Å². The van der Waals surface area contributed by atoms with Crippen molar-refractivity contribution in [3.63, 3.8) is 0 Å². The maximum Gasteiger partial charge on any atom is 0.230 e. The highest BCUT2D eigenvalue weighted by molar-refractivity contribution is 8.00. The zero-order valence-corrected chi connectivity index (χ0v) is 16.6. The second-order valence-corrected chi connectivity index (χ2v) is 7.85. The lowest BCUT2D eigenvalue weighted by Gasteiger charge is -2.10. The van der Waals surface area contributed by atoms with Gasteiger partial charge in [0.2, 0.25) is 5.91 Å². The van der Waals surface area contributed by atoms with Gasteiger partial charge in [-0.3, -0.25) is 4.79 Å². The summed E-state index contributed by atoms with van der Waals surface area (Å²) < 4.78 is 7.22. The fourth-order valence-corrected chi connectivity index (χ4v) is 3.85. The molecule has 2 aromatic heterocycles. The Morgan fingerprint density at radius 3 is 2.96 bits per heavy atom. The summed E-state index contributed by atoms with van der Waals surface area (Å²) in [5.74, 6) is 0.198. The number of hydrogen-bond acceptors (Lipinski definition) is 7. The number of benzene rings is 1. The Balaban J connectivity index is 1.39. The van der Waals surface area contributed by atoms with Crippen LogP contribution in [0.15, 0.2) is 35.6 Å². The number of halogens is 1. The molecule has 1 unspecified atom stereocenters. The quantitative estimate of drug-likeness (QED) is 0.464. The third-order valence-electron chi connectivity index (χ3n) is 4.40. The third kappa shape index (κ3) is 4.60. The molecule has 0 radical (unpaired) electrons. The van der Waals surface area contributed by atoms with Crippen molar-refractivity contribution in [3.05, 3.63) is 41.2 Å². The summed E-state index contributed by atoms with van der Waals surface area (Å²) in [4.78, 5) is 20.7. The molecule has 146 valence electrons. The molecule has 4 rings (SSSR count). The van der Waals surface area contributed by atoms with Gasteiger partial charge in [-0.15, -0.1) is 5.10 Å². The molecule has 0 spiro atoms. The molecule has 0 saturated carbocycles. The van der Waals surface area contributed by atoms with E-state index in [0.717, 1.165) is 25.0 Å². The molecule has 3 heterocycles. The monoisotopic (exact) mass is 418 g/mol. The van der Waals surface area contributed by atoms with Crippen LogP contribution in [0.5, 0.6) is 0 Å². The Kier molecular flexibility index (Phi) is 6.04. The highest BCUT2D eigenvalue weighted by Crippen LogP contribution is 2.23. The molecular weight excluding hydrogens is 400 g/mol. The Hall–Kier alpha value is -2.23. The first kappa shape index (κ1) is 19.1. The number of rotatable bonds is 7. The fraction of sp³-hybridized carbons (Fsp3) is 0.389. The Morgan fingerprint density at radius 2 is 2.18 bits per heavy atom. The number of fused-ring (bicyclic) bond motifs is 1. The molecule has 1 fully saturated rings. The van der Waals surface area contributed by atoms with E-state index < -0.39 is 0 Å². The van der Waals surface area contributed by atoms with Crippen molar-refractivity contribution in [1.82, 2.24) is 30.3 Å². The van der Waals surface area contributed by atoms with Gasteiger partial charge in [0.05, 0.1) is 18.4 Å². The molecule has 1 aliphatic heterocycles. The van der Waals surface area contributed by atoms with Crippen LogP contribution in [0.3, 0.4) is 0 Å². The smallest absolute Gasteiger partial charge is 0.230 e. The average Bonchev–Trinajstić information content (AvgIpc) is 3.37. The standard InChI is InChI=1S/C18H19ClN6O2S/c19-13-5-3-12(4-6-13)9-25-17-16(23-24-25)18(22-11-21-17)28-10-15(26)20-8-14-2-1-7-27-14/h3-6,11,14H,1-2,7-10H2,(H,20,26). The highest BCUT2D eigenvalue weighted by Gasteiger charge is 2.17. The first-order chi connectivity index (χ1) is 13.7. The van der Waals surface area contributed by atoms with E-state index in [4.69, 9.17) is 16.3 Å². The molecule has 8 nitrogen and oxygen atoms in total. The molecular formula is C18H19ClN6O2S. The van der Waals surface area contributed by atoms with Gasteiger partial charge in [0.15, 0.2) is 11.2 Å². The number of carbonyl (C=O) groups is 1. The maximum absolute atomic E-state index is 12.1. The molecule has 0 bridgehead atoms. The maximum atomic E-state index is 12.1. The summed E-state index contributed by atoms with van der Waals surface area (Å²) in [6.07, 6.45) is 3.65. The van der Waals surface area contributed by atoms with Gasteiger partial charge in [-0.05, 0) is 30.5 Å². The van der Waals surface area contributed by atoms with E-state index in [1.165, 1.54) is 18.1 Å². The number of amides is 1. The first-order valence-electron chi connectivity index (χ1n) is 8.99. The molecule has 3 aromatic rings. The van der Waals surface area contributed by atoms with Gasteiger partial charge >= 0.3 is 0 Å². The molecule has 1 aliphatic rings. The van der Waals surface area contributed by atoms with Crippen LogP contribution in [0.1, 0.15) is 18.4 Å². The minimum atomic E-state index is -0.0548. The van der Waals surface area contributed by atoms with Crippen LogP contribution in [-0.4, -0.2) is 55.9 Å². The van der Waals surface area contributed by atoms with E-state index >= 15 is 0 Å². The highest BCUT2D eigenvalue weighted by atomic mass is 35.5. The topological polar surface area (TPSA) is 94.8 Å². The van der Waals surface area contributed by atoms with E-state index in [1.54, 1.807) is 4.68 Å². The summed E-state index contributed by atoms with van der Waals surface area (Å²) in [7, 11) is 0. The Labute approximate surface area is 171 Å². The lowest BCUT2D eigenvalue weighted by Crippen LogP contribution is -2.32. The predicted octanol–water partition coefficient (Wildman–Crippen LogP) is 2.31. The largest absolute Gasteiger partial charge is 0.376 e. The summed E-state index contributed by atoms with van der Waals surface area (Å²) >= 11 is 7.26. The summed E-state index contributed by atoms with van der Waals surface area (Å²) in [5.41, 5.74) is 2.26. The molecule has 1 N–H and O–H groups in total. The lowest BCUT2D eigenvalue weighted by atomic mass is 10.2. The van der Waals surface area contributed by atoms with E-state index in [9.17, 15) is 4.79 Å². The normalized spacial score (nSPS) is 16.5.